The molecule has 13 aromatic rings. The van der Waals surface area contributed by atoms with Gasteiger partial charge < -0.3 is 0 Å². The molecule has 104 heavy (non-hydrogen) atoms. The fourth-order valence-electron chi connectivity index (χ4n) is 14.3. The normalized spacial score (nSPS) is 10.8. The van der Waals surface area contributed by atoms with Gasteiger partial charge in [-0.25, -0.2) is 0 Å². The molecule has 0 saturated heterocycles. The second-order valence-corrected chi connectivity index (χ2v) is 28.0. The zero-order valence-electron chi connectivity index (χ0n) is 64.2. The van der Waals surface area contributed by atoms with Crippen LogP contribution < -0.4 is 18.7 Å². The van der Waals surface area contributed by atoms with Crippen molar-refractivity contribution >= 4 is 0 Å². The third-order valence-corrected chi connectivity index (χ3v) is 20.5. The Kier molecular flexibility index (Phi) is 22.7. The average molecular weight is 1370 g/mol. The first-order valence-electron chi connectivity index (χ1n) is 35.5. The first-order chi connectivity index (χ1) is 49.7. The van der Waals surface area contributed by atoms with E-state index in [4.69, 9.17) is 10.5 Å². The highest BCUT2D eigenvalue weighted by atomic mass is 15.4. The number of nitrogens with zero attached hydrogens (tertiary/aromatic N) is 12. The summed E-state index contributed by atoms with van der Waals surface area (Å²) in [5.74, 6) is 0.914. The summed E-state index contributed by atoms with van der Waals surface area (Å²) in [5.41, 5.74) is 36.9. The van der Waals surface area contributed by atoms with Crippen molar-refractivity contribution in [2.75, 3.05) is 0 Å². The summed E-state index contributed by atoms with van der Waals surface area (Å²) >= 11 is 0. The molecule has 0 atom stereocenters. The molecule has 0 aliphatic heterocycles. The standard InChI is InChI=1S/C27H26N3.C25H30N3.C21H22N3.C19H18N3/c1-18-13-22(16-28)11-12-26(18)30-17-25(21(4)29(30)5)27-19(2)14-24(15-20(27)3)23-9-7-6-8-10-23;1-16(2)21-9-8-10-22(17(3)4)25(21)23-15-28(27(7)19(23)6)24-12-11-20(14-26)13-18(24)5;1-14-7-6-8-15(2)21(14)19-13-24(23(5)17(19)4)20-10-9-18(12-22)11-16(20)3;1-14-11-16(12-20)9-10-19(14)22-13-18(15(2)21(22)3)17-7-5-4-6-8-17/h6-15,17H,1-5H3;8-13,15-17H,1-7H3;6-11,13H,1-5H3;4-11,13H,1-3H3/q4*+1. The van der Waals surface area contributed by atoms with E-state index < -0.39 is 0 Å². The zero-order chi connectivity index (χ0) is 75.1. The summed E-state index contributed by atoms with van der Waals surface area (Å²) in [6.45, 7) is 34.6. The predicted octanol–water partition coefficient (Wildman–Crippen LogP) is 19.0. The van der Waals surface area contributed by atoms with Crippen LogP contribution in [0, 0.1) is 128 Å². The number of nitriles is 4. The SMILES string of the molecule is Cc1cc(C#N)ccc1-[n+]1cc(-c2c(C(C)C)cccc2C(C)C)c(C)n1C.Cc1cc(C#N)ccc1-[n+]1cc(-c2c(C)cc(-c3ccccc3)cc2C)c(C)n1C.Cc1cc(C#N)ccc1-[n+]1cc(-c2c(C)cccc2C)c(C)n1C.Cc1cc(C#N)ccc1-[n+]1cc(-c2ccccc2)c(C)n1C. The van der Waals surface area contributed by atoms with Gasteiger partial charge in [-0.3, -0.25) is 0 Å². The van der Waals surface area contributed by atoms with Crippen molar-refractivity contribution in [2.45, 2.75) is 123 Å². The topological polar surface area (TPSA) is 130 Å². The molecule has 0 unspecified atom stereocenters. The zero-order valence-corrected chi connectivity index (χ0v) is 64.2. The Morgan fingerprint density at radius 2 is 0.548 bits per heavy atom. The number of rotatable bonds is 11. The van der Waals surface area contributed by atoms with Crippen LogP contribution in [0.25, 0.3) is 78.4 Å². The Balaban J connectivity index is 0.000000150. The van der Waals surface area contributed by atoms with Crippen LogP contribution in [0.4, 0.5) is 0 Å². The summed E-state index contributed by atoms with van der Waals surface area (Å²) < 4.78 is 17.3. The lowest BCUT2D eigenvalue weighted by Gasteiger charge is -2.18. The van der Waals surface area contributed by atoms with Gasteiger partial charge in [0.2, 0.25) is 47.5 Å². The molecule has 4 aromatic heterocycles. The maximum atomic E-state index is 9.18. The predicted molar refractivity (Wildman–Crippen MR) is 419 cm³/mol. The van der Waals surface area contributed by atoms with Gasteiger partial charge in [-0.05, 0) is 210 Å². The van der Waals surface area contributed by atoms with Crippen molar-refractivity contribution < 1.29 is 18.7 Å². The van der Waals surface area contributed by atoms with Gasteiger partial charge in [0.1, 0.15) is 0 Å². The largest absolute Gasteiger partial charge is 0.238 e. The van der Waals surface area contributed by atoms with Crippen LogP contribution in [-0.4, -0.2) is 18.7 Å². The monoisotopic (exact) mass is 1370 g/mol. The van der Waals surface area contributed by atoms with E-state index >= 15 is 0 Å². The summed E-state index contributed by atoms with van der Waals surface area (Å²) in [4.78, 5) is 0. The van der Waals surface area contributed by atoms with Gasteiger partial charge >= 0.3 is 0 Å². The van der Waals surface area contributed by atoms with Gasteiger partial charge in [0.05, 0.1) is 120 Å². The summed E-state index contributed by atoms with van der Waals surface area (Å²) in [5, 5.41) is 36.4. The second kappa shape index (κ2) is 31.8. The molecule has 0 aliphatic rings. The number of hydrogen-bond acceptors (Lipinski definition) is 4. The molecular weight excluding hydrogens is 1270 g/mol. The average Bonchev–Trinajstić information content (AvgIpc) is 1.85. The number of hydrogen-bond donors (Lipinski definition) is 0. The van der Waals surface area contributed by atoms with Crippen LogP contribution in [0.2, 0.25) is 0 Å². The van der Waals surface area contributed by atoms with E-state index in [1.165, 1.54) is 112 Å². The molecule has 13 rings (SSSR count). The lowest BCUT2D eigenvalue weighted by atomic mass is 9.85. The Hall–Kier alpha value is -12.2. The van der Waals surface area contributed by atoms with Crippen molar-refractivity contribution in [3.63, 3.8) is 0 Å². The molecule has 0 spiro atoms. The molecule has 0 saturated carbocycles. The molecule has 0 radical (unpaired) electrons. The molecule has 12 heteroatoms. The van der Waals surface area contributed by atoms with Crippen LogP contribution >= 0.6 is 0 Å². The maximum absolute atomic E-state index is 9.18. The molecular formula is C92H96N12+4. The lowest BCUT2D eigenvalue weighted by Crippen LogP contribution is -2.39. The third kappa shape index (κ3) is 15.2. The number of benzene rings is 9. The lowest BCUT2D eigenvalue weighted by molar-refractivity contribution is -0.683. The van der Waals surface area contributed by atoms with Gasteiger partial charge in [0.15, 0.2) is 0 Å². The Labute approximate surface area is 615 Å². The van der Waals surface area contributed by atoms with Crippen molar-refractivity contribution in [1.29, 1.82) is 21.0 Å². The van der Waals surface area contributed by atoms with Crippen molar-refractivity contribution in [3.05, 3.63) is 307 Å². The molecule has 0 amide bonds. The minimum absolute atomic E-state index is 0.457. The highest BCUT2D eigenvalue weighted by Crippen LogP contribution is 2.39. The van der Waals surface area contributed by atoms with Gasteiger partial charge in [-0.2, -0.15) is 39.8 Å². The summed E-state index contributed by atoms with van der Waals surface area (Å²) in [6.07, 6.45) is 8.80. The Bertz CT molecular complexity index is 5490. The van der Waals surface area contributed by atoms with E-state index in [1.54, 1.807) is 0 Å². The van der Waals surface area contributed by atoms with Gasteiger partial charge in [-0.15, -0.1) is 0 Å². The van der Waals surface area contributed by atoms with Crippen LogP contribution in [0.1, 0.15) is 140 Å². The first kappa shape index (κ1) is 74.5. The Morgan fingerprint density at radius 1 is 0.269 bits per heavy atom. The minimum atomic E-state index is 0.457. The van der Waals surface area contributed by atoms with Crippen molar-refractivity contribution in [2.24, 2.45) is 28.2 Å². The van der Waals surface area contributed by atoms with Crippen LogP contribution in [0.15, 0.2) is 207 Å². The van der Waals surface area contributed by atoms with Crippen molar-refractivity contribution in [1.82, 2.24) is 18.7 Å². The number of aryl methyl sites for hydroxylation is 8. The second-order valence-electron chi connectivity index (χ2n) is 28.0. The van der Waals surface area contributed by atoms with Crippen molar-refractivity contribution in [3.8, 4) is 103 Å². The van der Waals surface area contributed by atoms with Gasteiger partial charge in [0, 0.05) is 46.5 Å². The minimum Gasteiger partial charge on any atom is -0.192 e. The molecule has 12 nitrogen and oxygen atoms in total. The fourth-order valence-corrected chi connectivity index (χ4v) is 14.3. The van der Waals surface area contributed by atoms with Gasteiger partial charge in [0.25, 0.3) is 0 Å². The first-order valence-corrected chi connectivity index (χ1v) is 35.5. The molecule has 0 aliphatic carbocycles. The quantitative estimate of drug-likeness (QED) is 0.119. The van der Waals surface area contributed by atoms with E-state index in [2.05, 4.69) is 315 Å². The van der Waals surface area contributed by atoms with E-state index in [0.717, 1.165) is 45.0 Å². The van der Waals surface area contributed by atoms with Crippen LogP contribution in [-0.2, 0) is 28.2 Å². The number of aromatic nitrogens is 8. The maximum Gasteiger partial charge on any atom is 0.238 e. The van der Waals surface area contributed by atoms with Crippen LogP contribution in [0.3, 0.4) is 0 Å². The Morgan fingerprint density at radius 3 is 0.856 bits per heavy atom. The highest BCUT2D eigenvalue weighted by molar-refractivity contribution is 5.78. The molecule has 520 valence electrons. The molecule has 0 N–H and O–H groups in total. The molecule has 4 heterocycles. The smallest absolute Gasteiger partial charge is 0.192 e. The molecule has 0 bridgehead atoms. The van der Waals surface area contributed by atoms with Crippen LogP contribution in [0.5, 0.6) is 0 Å². The molecule has 0 fully saturated rings. The van der Waals surface area contributed by atoms with Gasteiger partial charge in [-0.1, -0.05) is 156 Å². The molecule has 9 aromatic carbocycles. The van der Waals surface area contributed by atoms with E-state index in [1.807, 2.05) is 92.7 Å². The van der Waals surface area contributed by atoms with E-state index in [-0.39, 0.29) is 0 Å². The van der Waals surface area contributed by atoms with E-state index in [9.17, 15) is 10.5 Å². The van der Waals surface area contributed by atoms with E-state index in [0.29, 0.717) is 34.1 Å². The third-order valence-electron chi connectivity index (χ3n) is 20.5. The highest BCUT2D eigenvalue weighted by Gasteiger charge is 2.29. The summed E-state index contributed by atoms with van der Waals surface area (Å²) in [7, 11) is 8.31. The fraction of sp³-hybridized carbons (Fsp3) is 0.239. The summed E-state index contributed by atoms with van der Waals surface area (Å²) in [6, 6.07) is 70.8.